The van der Waals surface area contributed by atoms with E-state index in [1.807, 2.05) is 4.98 Å². The number of aromatic amines is 2. The number of aliphatic hydroxyl groups is 2. The van der Waals surface area contributed by atoms with Crippen LogP contribution in [-0.2, 0) is 13.8 Å². The van der Waals surface area contributed by atoms with Crippen molar-refractivity contribution in [1.29, 1.82) is 0 Å². The van der Waals surface area contributed by atoms with E-state index in [-0.39, 0.29) is 70.3 Å². The van der Waals surface area contributed by atoms with Gasteiger partial charge in [-0.2, -0.15) is 0 Å². The van der Waals surface area contributed by atoms with Crippen LogP contribution in [0.1, 0.15) is 6.23 Å². The zero-order valence-electron chi connectivity index (χ0n) is 13.7. The van der Waals surface area contributed by atoms with Gasteiger partial charge in [-0.1, -0.05) is 0 Å². The molecule has 132 valence electrons. The van der Waals surface area contributed by atoms with Crippen LogP contribution < -0.4 is 80.2 Å². The van der Waals surface area contributed by atoms with Crippen molar-refractivity contribution < 1.29 is 92.9 Å². The molecule has 0 unspecified atom stereocenters. The van der Waals surface area contributed by atoms with E-state index in [1.54, 1.807) is 0 Å². The Morgan fingerprint density at radius 2 is 1.92 bits per heavy atom. The first-order valence-corrected chi connectivity index (χ1v) is 8.01. The number of ether oxygens (including phenoxy) is 1. The van der Waals surface area contributed by atoms with Crippen molar-refractivity contribution in [2.24, 2.45) is 0 Å². The third-order valence-electron chi connectivity index (χ3n) is 3.48. The summed E-state index contributed by atoms with van der Waals surface area (Å²) in [4.78, 5) is 52.0. The minimum absolute atomic E-state index is 0. The molecule has 0 saturated carbocycles. The fraction of sp³-hybridized carbons (Fsp3) is 0.500. The second-order valence-corrected chi connectivity index (χ2v) is 6.20. The van der Waals surface area contributed by atoms with Crippen molar-refractivity contribution in [3.05, 3.63) is 27.2 Å². The van der Waals surface area contributed by atoms with Gasteiger partial charge in [0.1, 0.15) is 24.0 Å². The summed E-state index contributed by atoms with van der Waals surface area (Å²) in [6.45, 7) is -0.803. The van der Waals surface area contributed by atoms with Gasteiger partial charge in [0.15, 0.2) is 11.7 Å². The fourth-order valence-corrected chi connectivity index (χ4v) is 2.74. The minimum Gasteiger partial charge on any atom is -0.790 e. The molecule has 0 aliphatic carbocycles. The first-order chi connectivity index (χ1) is 11.2. The summed E-state index contributed by atoms with van der Waals surface area (Å²) in [6.07, 6.45) is -4.67. The molecule has 4 N–H and O–H groups in total. The maximum Gasteiger partial charge on any atom is 1.00 e. The molecular weight excluding hydrogens is 397 g/mol. The standard InChI is InChI=1S/C10H13N4O9P.2Na/c15-5-3(1-22-24(19,20)21)23-9(6(5)16)14-2-11-4-7(14)12-10(18)13-8(4)17;;/h2-3,5-6,9,15-16H,1H2,(H2,19,20,21)(H2,12,13,17,18);;/q;2*+1/p-2/t3-,5-,6-,9-;;/m0../s1. The monoisotopic (exact) mass is 408 g/mol. The number of aliphatic hydroxyl groups excluding tert-OH is 2. The van der Waals surface area contributed by atoms with E-state index in [9.17, 15) is 34.2 Å². The maximum absolute atomic E-state index is 11.6. The van der Waals surface area contributed by atoms with Crippen molar-refractivity contribution >= 4 is 19.0 Å². The number of fused-ring (bicyclic) bond motifs is 1. The van der Waals surface area contributed by atoms with Gasteiger partial charge in [-0.25, -0.2) is 9.78 Å². The fourth-order valence-electron chi connectivity index (χ4n) is 2.41. The summed E-state index contributed by atoms with van der Waals surface area (Å²) >= 11 is 0. The van der Waals surface area contributed by atoms with Gasteiger partial charge in [-0.15, -0.1) is 0 Å². The smallest absolute Gasteiger partial charge is 0.790 e. The summed E-state index contributed by atoms with van der Waals surface area (Å²) in [5.41, 5.74) is -1.79. The molecular formula is C10H11N4Na2O9P. The van der Waals surface area contributed by atoms with Crippen LogP contribution in [0.15, 0.2) is 15.9 Å². The number of hydrogen-bond acceptors (Lipinski definition) is 10. The maximum atomic E-state index is 11.6. The summed E-state index contributed by atoms with van der Waals surface area (Å²) in [5.74, 6) is 0. The van der Waals surface area contributed by atoms with Crippen molar-refractivity contribution in [3.63, 3.8) is 0 Å². The molecule has 3 heterocycles. The summed E-state index contributed by atoms with van der Waals surface area (Å²) in [7, 11) is -5.28. The molecule has 26 heavy (non-hydrogen) atoms. The predicted octanol–water partition coefficient (Wildman–Crippen LogP) is -10.1. The molecule has 0 bridgehead atoms. The Labute approximate surface area is 188 Å². The van der Waals surface area contributed by atoms with Crippen LogP contribution in [0.3, 0.4) is 0 Å². The molecule has 2 aromatic heterocycles. The molecule has 0 aromatic carbocycles. The Bertz CT molecular complexity index is 923. The molecule has 0 spiro atoms. The molecule has 1 aliphatic heterocycles. The van der Waals surface area contributed by atoms with Crippen LogP contribution >= 0.6 is 7.82 Å². The van der Waals surface area contributed by atoms with Crippen molar-refractivity contribution in [2.45, 2.75) is 24.5 Å². The van der Waals surface area contributed by atoms with Gasteiger partial charge in [-0.05, 0) is 0 Å². The second kappa shape index (κ2) is 9.09. The van der Waals surface area contributed by atoms with Crippen LogP contribution in [0.5, 0.6) is 0 Å². The third kappa shape index (κ3) is 4.94. The van der Waals surface area contributed by atoms with Crippen molar-refractivity contribution in [1.82, 2.24) is 19.5 Å². The molecule has 3 rings (SSSR count). The van der Waals surface area contributed by atoms with Gasteiger partial charge in [-0.3, -0.25) is 19.3 Å². The molecule has 0 radical (unpaired) electrons. The van der Waals surface area contributed by atoms with Crippen molar-refractivity contribution in [3.8, 4) is 0 Å². The Balaban J connectivity index is 0.00000169. The first-order valence-electron chi connectivity index (χ1n) is 6.55. The van der Waals surface area contributed by atoms with E-state index in [0.717, 1.165) is 10.9 Å². The topological polar surface area (TPSA) is 206 Å². The van der Waals surface area contributed by atoms with E-state index >= 15 is 0 Å². The zero-order chi connectivity index (χ0) is 17.6. The molecule has 16 heteroatoms. The quantitative estimate of drug-likeness (QED) is 0.277. The normalized spacial score (nSPS) is 25.7. The molecule has 1 fully saturated rings. The Morgan fingerprint density at radius 3 is 2.54 bits per heavy atom. The number of nitrogens with one attached hydrogen (secondary N) is 2. The summed E-state index contributed by atoms with van der Waals surface area (Å²) in [6, 6.07) is 0. The second-order valence-electron chi connectivity index (χ2n) is 5.05. The Morgan fingerprint density at radius 1 is 1.27 bits per heavy atom. The molecule has 4 atom stereocenters. The zero-order valence-corrected chi connectivity index (χ0v) is 18.6. The van der Waals surface area contributed by atoms with Gasteiger partial charge >= 0.3 is 64.8 Å². The van der Waals surface area contributed by atoms with Gasteiger partial charge < -0.3 is 33.8 Å². The van der Waals surface area contributed by atoms with Crippen molar-refractivity contribution in [2.75, 3.05) is 6.61 Å². The number of hydrogen-bond donors (Lipinski definition) is 4. The average Bonchev–Trinajstić information content (AvgIpc) is 3.00. The van der Waals surface area contributed by atoms with Crippen LogP contribution in [-0.4, -0.2) is 54.7 Å². The number of nitrogens with zero attached hydrogens (tertiary/aromatic N) is 2. The first kappa shape index (κ1) is 24.2. The van der Waals surface area contributed by atoms with Crippen LogP contribution in [0.25, 0.3) is 11.2 Å². The van der Waals surface area contributed by atoms with E-state index in [0.29, 0.717) is 0 Å². The predicted molar refractivity (Wildman–Crippen MR) is 70.5 cm³/mol. The summed E-state index contributed by atoms with van der Waals surface area (Å²) in [5, 5.41) is 19.9. The molecule has 13 nitrogen and oxygen atoms in total. The van der Waals surface area contributed by atoms with Gasteiger partial charge in [0.05, 0.1) is 20.8 Å². The van der Waals surface area contributed by atoms with Crippen LogP contribution in [0.2, 0.25) is 0 Å². The number of H-pyrrole nitrogens is 2. The number of aromatic nitrogens is 4. The largest absolute Gasteiger partial charge is 1.00 e. The van der Waals surface area contributed by atoms with Gasteiger partial charge in [0.25, 0.3) is 5.56 Å². The van der Waals surface area contributed by atoms with Gasteiger partial charge in [0, 0.05) is 0 Å². The molecule has 0 amide bonds. The van der Waals surface area contributed by atoms with E-state index in [4.69, 9.17) is 4.74 Å². The number of rotatable bonds is 4. The Hall–Kier alpha value is 0.140. The van der Waals surface area contributed by atoms with E-state index in [2.05, 4.69) is 14.5 Å². The van der Waals surface area contributed by atoms with Crippen LogP contribution in [0.4, 0.5) is 0 Å². The molecule has 1 saturated heterocycles. The van der Waals surface area contributed by atoms with Crippen LogP contribution in [0, 0.1) is 0 Å². The molecule has 2 aromatic rings. The molecule has 1 aliphatic rings. The van der Waals surface area contributed by atoms with E-state index in [1.165, 1.54) is 0 Å². The average molecular weight is 408 g/mol. The number of phosphoric acid groups is 1. The van der Waals surface area contributed by atoms with E-state index < -0.39 is 50.2 Å². The third-order valence-corrected chi connectivity index (χ3v) is 3.94. The number of phosphoric ester groups is 1. The van der Waals surface area contributed by atoms with Gasteiger partial charge in [0.2, 0.25) is 0 Å². The Kier molecular flexibility index (Phi) is 8.46. The number of imidazole rings is 1. The summed E-state index contributed by atoms with van der Waals surface area (Å²) < 4.78 is 20.9. The SMILES string of the molecule is O=c1[nH]c(=O)c2ncn([C@H]3O[C@@H](COP(=O)([O-])[O-])[C@H](O)[C@@H]3O)c2[nH]1.[Na+].[Na+]. The minimum atomic E-state index is -5.28.